The average Bonchev–Trinajstić information content (AvgIpc) is 3.21. The number of amides is 1. The molecule has 0 atom stereocenters. The summed E-state index contributed by atoms with van der Waals surface area (Å²) in [7, 11) is 1.53. The smallest absolute Gasteiger partial charge is 0.269 e. The zero-order valence-corrected chi connectivity index (χ0v) is 12.2. The molecule has 0 radical (unpaired) electrons. The molecule has 2 aromatic rings. The molecule has 1 amide bonds. The van der Waals surface area contributed by atoms with Gasteiger partial charge in [0.05, 0.1) is 19.0 Å². The molecular weight excluding hydrogens is 290 g/mol. The number of nitrogen functional groups attached to an aromatic ring is 1. The summed E-state index contributed by atoms with van der Waals surface area (Å²) >= 11 is 1.26. The summed E-state index contributed by atoms with van der Waals surface area (Å²) in [6, 6.07) is 3.85. The van der Waals surface area contributed by atoms with E-state index in [0.717, 1.165) is 12.8 Å². The molecule has 0 aromatic carbocycles. The second-order valence-electron chi connectivity index (χ2n) is 4.70. The lowest BCUT2D eigenvalue weighted by Crippen LogP contribution is -2.12. The normalized spacial score (nSPS) is 13.8. The highest BCUT2D eigenvalue weighted by molar-refractivity contribution is 7.18. The number of aromatic nitrogens is 2. The number of hydrogen-bond acceptors (Lipinski definition) is 7. The monoisotopic (exact) mass is 305 g/mol. The van der Waals surface area contributed by atoms with Crippen LogP contribution in [0.15, 0.2) is 18.3 Å². The summed E-state index contributed by atoms with van der Waals surface area (Å²) in [5, 5.41) is 6.66. The van der Waals surface area contributed by atoms with Crippen molar-refractivity contribution in [2.75, 3.05) is 23.5 Å². The van der Waals surface area contributed by atoms with Gasteiger partial charge >= 0.3 is 0 Å². The van der Waals surface area contributed by atoms with E-state index >= 15 is 0 Å². The predicted octanol–water partition coefficient (Wildman–Crippen LogP) is 1.96. The Kier molecular flexibility index (Phi) is 3.61. The minimum Gasteiger partial charge on any atom is -0.481 e. The van der Waals surface area contributed by atoms with Crippen molar-refractivity contribution in [1.82, 2.24) is 9.97 Å². The van der Waals surface area contributed by atoms with E-state index in [2.05, 4.69) is 20.6 Å². The summed E-state index contributed by atoms with van der Waals surface area (Å²) in [6.45, 7) is 0. The summed E-state index contributed by atoms with van der Waals surface area (Å²) in [5.74, 6) is 0.434. The summed E-state index contributed by atoms with van der Waals surface area (Å²) in [6.07, 6.45) is 3.80. The number of methoxy groups -OCH3 is 1. The molecule has 3 rings (SSSR count). The molecule has 8 heteroatoms. The number of nitrogens with two attached hydrogens (primary N) is 1. The zero-order chi connectivity index (χ0) is 14.8. The van der Waals surface area contributed by atoms with Crippen LogP contribution in [0.1, 0.15) is 22.5 Å². The van der Waals surface area contributed by atoms with E-state index in [0.29, 0.717) is 27.6 Å². The van der Waals surface area contributed by atoms with Gasteiger partial charge in [0, 0.05) is 12.1 Å². The maximum atomic E-state index is 12.2. The van der Waals surface area contributed by atoms with Gasteiger partial charge in [-0.1, -0.05) is 11.3 Å². The van der Waals surface area contributed by atoms with Crippen molar-refractivity contribution < 1.29 is 9.53 Å². The standard InChI is InChI=1S/C13H15N5O2S/c1-20-9-5-4-8(6-15-9)16-12(19)10-11(14)18-13(21-10)17-7-2-3-7/h4-7H,2-3,14H2,1H3,(H,16,19)(H,17,18). The fourth-order valence-electron chi connectivity index (χ4n) is 1.72. The van der Waals surface area contributed by atoms with E-state index in [1.165, 1.54) is 24.6 Å². The molecule has 0 unspecified atom stereocenters. The molecule has 4 N–H and O–H groups in total. The van der Waals surface area contributed by atoms with Crippen LogP contribution in [0, 0.1) is 0 Å². The molecule has 2 aromatic heterocycles. The first kappa shape index (κ1) is 13.6. The van der Waals surface area contributed by atoms with E-state index in [1.54, 1.807) is 12.1 Å². The molecule has 1 saturated carbocycles. The number of pyridine rings is 1. The fraction of sp³-hybridized carbons (Fsp3) is 0.308. The van der Waals surface area contributed by atoms with Gasteiger partial charge < -0.3 is 21.1 Å². The Balaban J connectivity index is 1.70. The minimum absolute atomic E-state index is 0.238. The predicted molar refractivity (Wildman–Crippen MR) is 81.9 cm³/mol. The number of nitrogens with one attached hydrogen (secondary N) is 2. The highest BCUT2D eigenvalue weighted by Crippen LogP contribution is 2.30. The third-order valence-corrected chi connectivity index (χ3v) is 3.97. The summed E-state index contributed by atoms with van der Waals surface area (Å²) in [4.78, 5) is 20.8. The Labute approximate surface area is 125 Å². The number of nitrogens with zero attached hydrogens (tertiary/aromatic N) is 2. The first-order valence-corrected chi connectivity index (χ1v) is 7.31. The average molecular weight is 305 g/mol. The molecule has 0 aliphatic heterocycles. The third-order valence-electron chi connectivity index (χ3n) is 2.97. The highest BCUT2D eigenvalue weighted by Gasteiger charge is 2.24. The molecule has 7 nitrogen and oxygen atoms in total. The number of ether oxygens (including phenoxy) is 1. The van der Waals surface area contributed by atoms with Gasteiger partial charge in [0.15, 0.2) is 5.13 Å². The van der Waals surface area contributed by atoms with Gasteiger partial charge in [-0.05, 0) is 18.9 Å². The van der Waals surface area contributed by atoms with Gasteiger partial charge in [-0.2, -0.15) is 0 Å². The lowest BCUT2D eigenvalue weighted by molar-refractivity contribution is 0.103. The van der Waals surface area contributed by atoms with Crippen LogP contribution in [0.3, 0.4) is 0 Å². The number of anilines is 3. The third kappa shape index (κ3) is 3.22. The molecule has 1 aliphatic rings. The Bertz CT molecular complexity index is 651. The quantitative estimate of drug-likeness (QED) is 0.780. The first-order valence-electron chi connectivity index (χ1n) is 6.50. The minimum atomic E-state index is -0.291. The maximum absolute atomic E-state index is 12.2. The van der Waals surface area contributed by atoms with E-state index in [4.69, 9.17) is 10.5 Å². The number of carbonyl (C=O) groups is 1. The van der Waals surface area contributed by atoms with Gasteiger partial charge in [-0.25, -0.2) is 9.97 Å². The molecule has 2 heterocycles. The van der Waals surface area contributed by atoms with Crippen molar-refractivity contribution in [2.24, 2.45) is 0 Å². The van der Waals surface area contributed by atoms with Gasteiger partial charge in [-0.3, -0.25) is 4.79 Å². The SMILES string of the molecule is COc1ccc(NC(=O)c2sc(NC3CC3)nc2N)cn1. The maximum Gasteiger partial charge on any atom is 0.269 e. The van der Waals surface area contributed by atoms with E-state index in [-0.39, 0.29) is 11.7 Å². The van der Waals surface area contributed by atoms with Gasteiger partial charge in [0.2, 0.25) is 5.88 Å². The van der Waals surface area contributed by atoms with Crippen molar-refractivity contribution in [3.63, 3.8) is 0 Å². The largest absolute Gasteiger partial charge is 0.481 e. The Morgan fingerprint density at radius 1 is 1.48 bits per heavy atom. The Hall–Kier alpha value is -2.35. The number of rotatable bonds is 5. The van der Waals surface area contributed by atoms with Crippen LogP contribution in [0.2, 0.25) is 0 Å². The van der Waals surface area contributed by atoms with Crippen LogP contribution in [0.5, 0.6) is 5.88 Å². The van der Waals surface area contributed by atoms with Gasteiger partial charge in [0.25, 0.3) is 5.91 Å². The fourth-order valence-corrected chi connectivity index (χ4v) is 2.58. The van der Waals surface area contributed by atoms with E-state index < -0.39 is 0 Å². The second-order valence-corrected chi connectivity index (χ2v) is 5.69. The number of carbonyl (C=O) groups excluding carboxylic acids is 1. The number of thiazole rings is 1. The van der Waals surface area contributed by atoms with E-state index in [1.807, 2.05) is 0 Å². The van der Waals surface area contributed by atoms with Crippen molar-refractivity contribution in [2.45, 2.75) is 18.9 Å². The molecule has 1 aliphatic carbocycles. The Morgan fingerprint density at radius 3 is 2.90 bits per heavy atom. The molecule has 110 valence electrons. The zero-order valence-electron chi connectivity index (χ0n) is 11.4. The Morgan fingerprint density at radius 2 is 2.29 bits per heavy atom. The second kappa shape index (κ2) is 5.57. The van der Waals surface area contributed by atoms with Crippen LogP contribution in [-0.4, -0.2) is 29.0 Å². The van der Waals surface area contributed by atoms with Crippen molar-refractivity contribution >= 4 is 33.9 Å². The molecule has 0 saturated heterocycles. The van der Waals surface area contributed by atoms with Crippen LogP contribution >= 0.6 is 11.3 Å². The highest BCUT2D eigenvalue weighted by atomic mass is 32.1. The van der Waals surface area contributed by atoms with Crippen molar-refractivity contribution in [3.05, 3.63) is 23.2 Å². The molecular formula is C13H15N5O2S. The van der Waals surface area contributed by atoms with Crippen LogP contribution in [-0.2, 0) is 0 Å². The van der Waals surface area contributed by atoms with E-state index in [9.17, 15) is 4.79 Å². The van der Waals surface area contributed by atoms with Crippen LogP contribution in [0.25, 0.3) is 0 Å². The molecule has 0 bridgehead atoms. The van der Waals surface area contributed by atoms with Gasteiger partial charge in [-0.15, -0.1) is 0 Å². The van der Waals surface area contributed by atoms with Crippen molar-refractivity contribution in [3.8, 4) is 5.88 Å². The van der Waals surface area contributed by atoms with Gasteiger partial charge in [0.1, 0.15) is 10.7 Å². The molecule has 0 spiro atoms. The summed E-state index contributed by atoms with van der Waals surface area (Å²) in [5.41, 5.74) is 6.37. The lowest BCUT2D eigenvalue weighted by Gasteiger charge is -2.04. The van der Waals surface area contributed by atoms with Crippen LogP contribution < -0.4 is 21.1 Å². The lowest BCUT2D eigenvalue weighted by atomic mass is 10.4. The topological polar surface area (TPSA) is 102 Å². The molecule has 1 fully saturated rings. The molecule has 21 heavy (non-hydrogen) atoms. The van der Waals surface area contributed by atoms with Crippen molar-refractivity contribution in [1.29, 1.82) is 0 Å². The first-order chi connectivity index (χ1) is 10.2. The van der Waals surface area contributed by atoms with Crippen LogP contribution in [0.4, 0.5) is 16.6 Å². The summed E-state index contributed by atoms with van der Waals surface area (Å²) < 4.78 is 4.96. The number of hydrogen-bond donors (Lipinski definition) is 3.